The van der Waals surface area contributed by atoms with Crippen LogP contribution in [-0.4, -0.2) is 35.8 Å². The lowest BCUT2D eigenvalue weighted by Gasteiger charge is -2.30. The van der Waals surface area contributed by atoms with E-state index < -0.39 is 10.0 Å². The number of sulfonamides is 1. The molecule has 0 unspecified atom stereocenters. The Morgan fingerprint density at radius 3 is 2.48 bits per heavy atom. The van der Waals surface area contributed by atoms with Gasteiger partial charge in [-0.15, -0.1) is 0 Å². The van der Waals surface area contributed by atoms with Crippen molar-refractivity contribution in [3.8, 4) is 0 Å². The first-order valence-corrected chi connectivity index (χ1v) is 11.0. The number of fused-ring (bicyclic) bond motifs is 1. The second-order valence-corrected chi connectivity index (χ2v) is 9.65. The molecule has 1 aliphatic heterocycles. The summed E-state index contributed by atoms with van der Waals surface area (Å²) in [6, 6.07) is 10.5. The Morgan fingerprint density at radius 1 is 1.07 bits per heavy atom. The highest BCUT2D eigenvalue weighted by Crippen LogP contribution is 2.32. The maximum atomic E-state index is 13.0. The maximum Gasteiger partial charge on any atom is 0.243 e. The van der Waals surface area contributed by atoms with Crippen molar-refractivity contribution in [3.05, 3.63) is 57.8 Å². The van der Waals surface area contributed by atoms with Crippen molar-refractivity contribution in [2.45, 2.75) is 30.6 Å². The number of hydrogen-bond donors (Lipinski definition) is 1. The fourth-order valence-electron chi connectivity index (χ4n) is 3.56. The summed E-state index contributed by atoms with van der Waals surface area (Å²) < 4.78 is 27.6. The summed E-state index contributed by atoms with van der Waals surface area (Å²) in [5.74, 6) is 1.09. The van der Waals surface area contributed by atoms with Gasteiger partial charge in [-0.25, -0.2) is 13.4 Å². The van der Waals surface area contributed by atoms with Crippen LogP contribution in [0.15, 0.2) is 41.3 Å². The lowest BCUT2D eigenvalue weighted by Crippen LogP contribution is -2.38. The molecule has 1 aromatic heterocycles. The van der Waals surface area contributed by atoms with Gasteiger partial charge in [0.05, 0.1) is 15.9 Å². The predicted octanol–water partition coefficient (Wildman–Crippen LogP) is 4.75. The predicted molar refractivity (Wildman–Crippen MR) is 108 cm³/mol. The molecule has 1 saturated heterocycles. The van der Waals surface area contributed by atoms with E-state index in [9.17, 15) is 8.42 Å². The van der Waals surface area contributed by atoms with E-state index in [1.54, 1.807) is 23.4 Å². The maximum absolute atomic E-state index is 13.0. The van der Waals surface area contributed by atoms with Gasteiger partial charge in [0.1, 0.15) is 5.82 Å². The van der Waals surface area contributed by atoms with E-state index in [1.807, 2.05) is 18.2 Å². The van der Waals surface area contributed by atoms with Gasteiger partial charge in [-0.3, -0.25) is 0 Å². The molecule has 1 N–H and O–H groups in total. The van der Waals surface area contributed by atoms with Crippen molar-refractivity contribution in [1.82, 2.24) is 14.3 Å². The molecule has 0 spiro atoms. The highest BCUT2D eigenvalue weighted by Gasteiger charge is 2.32. The third kappa shape index (κ3) is 3.59. The molecule has 27 heavy (non-hydrogen) atoms. The highest BCUT2D eigenvalue weighted by molar-refractivity contribution is 7.89. The summed E-state index contributed by atoms with van der Waals surface area (Å²) in [5, 5.41) is 1.09. The molecule has 0 aliphatic carbocycles. The first-order chi connectivity index (χ1) is 12.8. The number of halogens is 2. The summed E-state index contributed by atoms with van der Waals surface area (Å²) in [6.07, 6.45) is 1.43. The second-order valence-electron chi connectivity index (χ2n) is 6.87. The number of nitrogens with zero attached hydrogens (tertiary/aromatic N) is 2. The Labute approximate surface area is 168 Å². The summed E-state index contributed by atoms with van der Waals surface area (Å²) in [4.78, 5) is 8.26. The zero-order valence-electron chi connectivity index (χ0n) is 14.7. The molecular formula is C19H19Cl2N3O2S. The van der Waals surface area contributed by atoms with E-state index in [1.165, 1.54) is 6.07 Å². The average Bonchev–Trinajstić information content (AvgIpc) is 3.07. The van der Waals surface area contributed by atoms with Crippen LogP contribution >= 0.6 is 23.2 Å². The van der Waals surface area contributed by atoms with Crippen LogP contribution in [0.1, 0.15) is 30.1 Å². The smallest absolute Gasteiger partial charge is 0.243 e. The molecule has 1 aliphatic rings. The van der Waals surface area contributed by atoms with Crippen molar-refractivity contribution in [1.29, 1.82) is 0 Å². The van der Waals surface area contributed by atoms with Gasteiger partial charge in [0.25, 0.3) is 0 Å². The molecule has 5 nitrogen and oxygen atoms in total. The van der Waals surface area contributed by atoms with E-state index in [0.29, 0.717) is 41.5 Å². The minimum Gasteiger partial charge on any atom is -0.342 e. The second kappa shape index (κ2) is 7.09. The van der Waals surface area contributed by atoms with Crippen LogP contribution in [0.25, 0.3) is 11.0 Å². The van der Waals surface area contributed by atoms with Crippen LogP contribution in [0.4, 0.5) is 0 Å². The molecule has 3 aromatic rings. The number of hydrogen-bond acceptors (Lipinski definition) is 3. The summed E-state index contributed by atoms with van der Waals surface area (Å²) in [5.41, 5.74) is 2.48. The van der Waals surface area contributed by atoms with Gasteiger partial charge in [0, 0.05) is 29.1 Å². The topological polar surface area (TPSA) is 66.1 Å². The molecule has 4 rings (SSSR count). The Bertz CT molecular complexity index is 1100. The number of nitrogens with one attached hydrogen (secondary N) is 1. The van der Waals surface area contributed by atoms with E-state index in [0.717, 1.165) is 16.9 Å². The number of imidazole rings is 1. The van der Waals surface area contributed by atoms with Crippen LogP contribution < -0.4 is 0 Å². The SMILES string of the molecule is Cc1ccc(Cl)cc1S(=O)(=O)N1CCC(c2nc3ccc(Cl)cc3[nH]2)CC1. The third-order valence-electron chi connectivity index (χ3n) is 5.07. The largest absolute Gasteiger partial charge is 0.342 e. The van der Waals surface area contributed by atoms with Gasteiger partial charge in [0.15, 0.2) is 0 Å². The zero-order valence-corrected chi connectivity index (χ0v) is 17.1. The van der Waals surface area contributed by atoms with E-state index in [4.69, 9.17) is 23.2 Å². The van der Waals surface area contributed by atoms with Gasteiger partial charge < -0.3 is 4.98 Å². The van der Waals surface area contributed by atoms with Crippen LogP contribution in [0.2, 0.25) is 10.0 Å². The van der Waals surface area contributed by atoms with E-state index >= 15 is 0 Å². The van der Waals surface area contributed by atoms with Crippen LogP contribution in [-0.2, 0) is 10.0 Å². The van der Waals surface area contributed by atoms with Crippen molar-refractivity contribution in [2.24, 2.45) is 0 Å². The fourth-order valence-corrected chi connectivity index (χ4v) is 5.68. The number of aryl methyl sites for hydroxylation is 1. The van der Waals surface area contributed by atoms with Gasteiger partial charge in [0.2, 0.25) is 10.0 Å². The molecule has 2 aromatic carbocycles. The summed E-state index contributed by atoms with van der Waals surface area (Å²) in [7, 11) is -3.55. The first-order valence-electron chi connectivity index (χ1n) is 8.76. The van der Waals surface area contributed by atoms with Crippen molar-refractivity contribution >= 4 is 44.3 Å². The summed E-state index contributed by atoms with van der Waals surface area (Å²) in [6.45, 7) is 2.70. The highest BCUT2D eigenvalue weighted by atomic mass is 35.5. The number of H-pyrrole nitrogens is 1. The lowest BCUT2D eigenvalue weighted by molar-refractivity contribution is 0.314. The van der Waals surface area contributed by atoms with Gasteiger partial charge in [-0.2, -0.15) is 4.31 Å². The van der Waals surface area contributed by atoms with Crippen LogP contribution in [0.5, 0.6) is 0 Å². The number of aromatic nitrogens is 2. The molecule has 142 valence electrons. The van der Waals surface area contributed by atoms with E-state index in [-0.39, 0.29) is 10.8 Å². The van der Waals surface area contributed by atoms with Crippen LogP contribution in [0.3, 0.4) is 0 Å². The first kappa shape index (κ1) is 18.7. The van der Waals surface area contributed by atoms with Gasteiger partial charge >= 0.3 is 0 Å². The van der Waals surface area contributed by atoms with E-state index in [2.05, 4.69) is 9.97 Å². The molecule has 0 radical (unpaired) electrons. The van der Waals surface area contributed by atoms with Gasteiger partial charge in [-0.05, 0) is 55.7 Å². The zero-order chi connectivity index (χ0) is 19.2. The molecule has 0 atom stereocenters. The minimum atomic E-state index is -3.55. The van der Waals surface area contributed by atoms with Crippen molar-refractivity contribution in [3.63, 3.8) is 0 Å². The molecule has 1 fully saturated rings. The monoisotopic (exact) mass is 423 g/mol. The number of benzene rings is 2. The van der Waals surface area contributed by atoms with Crippen LogP contribution in [0, 0.1) is 6.92 Å². The minimum absolute atomic E-state index is 0.197. The Kier molecular flexibility index (Phi) is 4.93. The number of aromatic amines is 1. The standard InChI is InChI=1S/C19H19Cl2N3O2S/c1-12-2-3-15(21)11-18(12)27(25,26)24-8-6-13(7-9-24)19-22-16-5-4-14(20)10-17(16)23-19/h2-5,10-11,13H,6-9H2,1H3,(H,22,23). The molecule has 0 saturated carbocycles. The Hall–Kier alpha value is -1.60. The average molecular weight is 424 g/mol. The lowest BCUT2D eigenvalue weighted by atomic mass is 9.97. The molecule has 2 heterocycles. The Morgan fingerprint density at radius 2 is 1.74 bits per heavy atom. The molecule has 8 heteroatoms. The fraction of sp³-hybridized carbons (Fsp3) is 0.316. The molecule has 0 amide bonds. The van der Waals surface area contributed by atoms with Gasteiger partial charge in [-0.1, -0.05) is 29.3 Å². The third-order valence-corrected chi connectivity index (χ3v) is 7.58. The molecule has 0 bridgehead atoms. The summed E-state index contributed by atoms with van der Waals surface area (Å²) >= 11 is 12.0. The number of piperidine rings is 1. The molecular weight excluding hydrogens is 405 g/mol. The van der Waals surface area contributed by atoms with Crippen molar-refractivity contribution in [2.75, 3.05) is 13.1 Å². The quantitative estimate of drug-likeness (QED) is 0.660. The Balaban J connectivity index is 1.53. The normalized spacial score (nSPS) is 16.9. The van der Waals surface area contributed by atoms with Crippen molar-refractivity contribution < 1.29 is 8.42 Å². The number of rotatable bonds is 3.